The average Bonchev–Trinajstić information content (AvgIpc) is 2.26. The fourth-order valence-electron chi connectivity index (χ4n) is 2.10. The van der Waals surface area contributed by atoms with Gasteiger partial charge in [0.25, 0.3) is 0 Å². The van der Waals surface area contributed by atoms with E-state index in [1.807, 2.05) is 13.8 Å². The monoisotopic (exact) mass is 236 g/mol. The zero-order chi connectivity index (χ0) is 12.8. The lowest BCUT2D eigenvalue weighted by Crippen LogP contribution is -2.41. The number of ketones is 1. The van der Waals surface area contributed by atoms with Gasteiger partial charge >= 0.3 is 0 Å². The highest BCUT2D eigenvalue weighted by atomic mass is 16.1. The summed E-state index contributed by atoms with van der Waals surface area (Å²) >= 11 is 0. The second-order valence-corrected chi connectivity index (χ2v) is 5.06. The van der Waals surface area contributed by atoms with Crippen molar-refractivity contribution in [2.75, 3.05) is 6.54 Å². The van der Waals surface area contributed by atoms with E-state index in [2.05, 4.69) is 29.4 Å². The Morgan fingerprint density at radius 2 is 2.29 bits per heavy atom. The molecule has 0 fully saturated rings. The zero-order valence-corrected chi connectivity index (χ0v) is 11.1. The number of rotatable bonds is 6. The Morgan fingerprint density at radius 1 is 1.59 bits per heavy atom. The van der Waals surface area contributed by atoms with Gasteiger partial charge in [-0.2, -0.15) is 0 Å². The molecule has 0 amide bonds. The van der Waals surface area contributed by atoms with E-state index in [1.165, 1.54) is 0 Å². The summed E-state index contributed by atoms with van der Waals surface area (Å²) in [5.74, 6) is 0.465. The van der Waals surface area contributed by atoms with Gasteiger partial charge in [-0.05, 0) is 25.8 Å². The van der Waals surface area contributed by atoms with Crippen LogP contribution in [0, 0.1) is 5.92 Å². The maximum Gasteiger partial charge on any atom is 0.152 e. The minimum atomic E-state index is -0.116. The third-order valence-electron chi connectivity index (χ3n) is 3.02. The molecule has 1 aliphatic rings. The molecule has 0 radical (unpaired) electrons. The standard InChI is InChI=1S/C14H24N2O/c1-10(2)14(12(4)17)16-11(3)9-13-7-5-6-8-15-13/h5,7,10,13-16H,3,6,8-9H2,1-2,4H3. The van der Waals surface area contributed by atoms with Gasteiger partial charge in [-0.15, -0.1) is 0 Å². The van der Waals surface area contributed by atoms with E-state index >= 15 is 0 Å². The van der Waals surface area contributed by atoms with Crippen LogP contribution in [0.25, 0.3) is 0 Å². The molecule has 1 aliphatic heterocycles. The van der Waals surface area contributed by atoms with E-state index < -0.39 is 0 Å². The van der Waals surface area contributed by atoms with Crippen molar-refractivity contribution in [3.63, 3.8) is 0 Å². The van der Waals surface area contributed by atoms with E-state index in [0.717, 1.165) is 25.1 Å². The van der Waals surface area contributed by atoms with E-state index in [4.69, 9.17) is 0 Å². The van der Waals surface area contributed by atoms with Crippen molar-refractivity contribution in [1.82, 2.24) is 10.6 Å². The number of nitrogens with one attached hydrogen (secondary N) is 2. The molecule has 3 heteroatoms. The van der Waals surface area contributed by atoms with Crippen molar-refractivity contribution in [3.05, 3.63) is 24.4 Å². The molecule has 2 atom stereocenters. The Hall–Kier alpha value is -1.09. The predicted molar refractivity (Wildman–Crippen MR) is 71.7 cm³/mol. The maximum atomic E-state index is 11.5. The number of carbonyl (C=O) groups excluding carboxylic acids is 1. The Balaban J connectivity index is 2.44. The quantitative estimate of drug-likeness (QED) is 0.693. The maximum absolute atomic E-state index is 11.5. The number of hydrogen-bond acceptors (Lipinski definition) is 3. The number of carbonyl (C=O) groups is 1. The van der Waals surface area contributed by atoms with Crippen molar-refractivity contribution in [3.8, 4) is 0 Å². The van der Waals surface area contributed by atoms with Crippen molar-refractivity contribution in [2.45, 2.75) is 45.7 Å². The molecule has 0 saturated carbocycles. The van der Waals surface area contributed by atoms with E-state index in [1.54, 1.807) is 6.92 Å². The van der Waals surface area contributed by atoms with Gasteiger partial charge in [0.2, 0.25) is 0 Å². The van der Waals surface area contributed by atoms with Crippen LogP contribution in [-0.4, -0.2) is 24.4 Å². The summed E-state index contributed by atoms with van der Waals surface area (Å²) in [6, 6.07) is 0.235. The molecule has 17 heavy (non-hydrogen) atoms. The van der Waals surface area contributed by atoms with Gasteiger partial charge in [-0.1, -0.05) is 32.6 Å². The minimum Gasteiger partial charge on any atom is -0.379 e. The Labute approximate surface area is 104 Å². The van der Waals surface area contributed by atoms with Crippen LogP contribution in [0.2, 0.25) is 0 Å². The van der Waals surface area contributed by atoms with Crippen LogP contribution in [-0.2, 0) is 4.79 Å². The lowest BCUT2D eigenvalue weighted by Gasteiger charge is -2.25. The van der Waals surface area contributed by atoms with Crippen molar-refractivity contribution < 1.29 is 4.79 Å². The van der Waals surface area contributed by atoms with Crippen LogP contribution < -0.4 is 10.6 Å². The predicted octanol–water partition coefficient (Wildman–Crippen LogP) is 2.01. The first-order valence-electron chi connectivity index (χ1n) is 6.35. The van der Waals surface area contributed by atoms with Gasteiger partial charge in [0.05, 0.1) is 6.04 Å². The Morgan fingerprint density at radius 3 is 2.76 bits per heavy atom. The summed E-state index contributed by atoms with van der Waals surface area (Å²) in [4.78, 5) is 11.5. The molecule has 0 aromatic carbocycles. The Kier molecular flexibility index (Phi) is 5.42. The second-order valence-electron chi connectivity index (χ2n) is 5.06. The molecule has 1 rings (SSSR count). The summed E-state index contributed by atoms with van der Waals surface area (Å²) in [7, 11) is 0. The molecule has 2 unspecified atom stereocenters. The van der Waals surface area contributed by atoms with E-state index in [9.17, 15) is 4.79 Å². The zero-order valence-electron chi connectivity index (χ0n) is 11.1. The molecule has 0 bridgehead atoms. The van der Waals surface area contributed by atoms with Gasteiger partial charge in [0.15, 0.2) is 5.78 Å². The molecule has 0 aromatic heterocycles. The third-order valence-corrected chi connectivity index (χ3v) is 3.02. The first-order valence-corrected chi connectivity index (χ1v) is 6.35. The SMILES string of the molecule is C=C(CC1C=CCCN1)NC(C(C)=O)C(C)C. The fraction of sp³-hybridized carbons (Fsp3) is 0.643. The van der Waals surface area contributed by atoms with Crippen LogP contribution in [0.3, 0.4) is 0 Å². The summed E-state index contributed by atoms with van der Waals surface area (Å²) in [5.41, 5.74) is 0.933. The highest BCUT2D eigenvalue weighted by Crippen LogP contribution is 2.10. The van der Waals surface area contributed by atoms with Gasteiger partial charge < -0.3 is 10.6 Å². The molecule has 1 heterocycles. The highest BCUT2D eigenvalue weighted by Gasteiger charge is 2.19. The van der Waals surface area contributed by atoms with Crippen LogP contribution in [0.5, 0.6) is 0 Å². The molecule has 0 spiro atoms. The topological polar surface area (TPSA) is 41.1 Å². The Bertz CT molecular complexity index is 307. The fourth-order valence-corrected chi connectivity index (χ4v) is 2.10. The molecule has 2 N–H and O–H groups in total. The smallest absolute Gasteiger partial charge is 0.152 e. The normalized spacial score (nSPS) is 21.3. The van der Waals surface area contributed by atoms with Crippen molar-refractivity contribution in [1.29, 1.82) is 0 Å². The summed E-state index contributed by atoms with van der Waals surface area (Å²) in [6.45, 7) is 10.8. The van der Waals surface area contributed by atoms with Crippen molar-refractivity contribution >= 4 is 5.78 Å². The molecule has 3 nitrogen and oxygen atoms in total. The van der Waals surface area contributed by atoms with Gasteiger partial charge in [0.1, 0.15) is 0 Å². The summed E-state index contributed by atoms with van der Waals surface area (Å²) in [6.07, 6.45) is 6.30. The summed E-state index contributed by atoms with van der Waals surface area (Å²) in [5, 5.41) is 6.65. The third kappa shape index (κ3) is 4.73. The lowest BCUT2D eigenvalue weighted by molar-refractivity contribution is -0.119. The highest BCUT2D eigenvalue weighted by molar-refractivity contribution is 5.81. The second kappa shape index (κ2) is 6.60. The lowest BCUT2D eigenvalue weighted by atomic mass is 9.99. The minimum absolute atomic E-state index is 0.116. The van der Waals surface area contributed by atoms with Gasteiger partial charge in [-0.25, -0.2) is 0 Å². The molecule has 0 saturated heterocycles. The largest absolute Gasteiger partial charge is 0.379 e. The van der Waals surface area contributed by atoms with Crippen LogP contribution in [0.15, 0.2) is 24.4 Å². The van der Waals surface area contributed by atoms with Crippen LogP contribution in [0.1, 0.15) is 33.6 Å². The first kappa shape index (κ1) is 14.0. The van der Waals surface area contributed by atoms with Crippen LogP contribution in [0.4, 0.5) is 0 Å². The van der Waals surface area contributed by atoms with Crippen molar-refractivity contribution in [2.24, 2.45) is 5.92 Å². The van der Waals surface area contributed by atoms with E-state index in [0.29, 0.717) is 12.0 Å². The molecule has 96 valence electrons. The van der Waals surface area contributed by atoms with E-state index in [-0.39, 0.29) is 11.8 Å². The molecule has 0 aromatic rings. The van der Waals surface area contributed by atoms with Gasteiger partial charge in [-0.3, -0.25) is 4.79 Å². The molecule has 0 aliphatic carbocycles. The summed E-state index contributed by atoms with van der Waals surface area (Å²) < 4.78 is 0. The first-order chi connectivity index (χ1) is 8.00. The van der Waals surface area contributed by atoms with Gasteiger partial charge in [0, 0.05) is 18.2 Å². The van der Waals surface area contributed by atoms with Crippen LogP contribution >= 0.6 is 0 Å². The number of Topliss-reactive ketones (excluding diaryl/α,β-unsaturated/α-hetero) is 1. The average molecular weight is 236 g/mol. The molecular weight excluding hydrogens is 212 g/mol. The molecular formula is C14H24N2O. The number of hydrogen-bond donors (Lipinski definition) is 2.